The summed E-state index contributed by atoms with van der Waals surface area (Å²) < 4.78 is 24.1. The summed E-state index contributed by atoms with van der Waals surface area (Å²) in [5.41, 5.74) is 3.15. The second-order valence-electron chi connectivity index (χ2n) is 9.57. The molecule has 0 aromatic heterocycles. The zero-order valence-corrected chi connectivity index (χ0v) is 22.9. The van der Waals surface area contributed by atoms with Gasteiger partial charge in [0.2, 0.25) is 0 Å². The molecule has 0 saturated carbocycles. The molecule has 0 aliphatic carbocycles. The summed E-state index contributed by atoms with van der Waals surface area (Å²) in [6.07, 6.45) is -0.805. The van der Waals surface area contributed by atoms with Gasteiger partial charge < -0.3 is 29.2 Å². The van der Waals surface area contributed by atoms with E-state index in [1.807, 2.05) is 78.9 Å². The number of hydrogen-bond acceptors (Lipinski definition) is 6. The topological polar surface area (TPSA) is 77.4 Å². The average molecular weight is 543 g/mol. The molecule has 210 valence electrons. The lowest BCUT2D eigenvalue weighted by Gasteiger charge is -2.37. The zero-order chi connectivity index (χ0) is 28.0. The normalized spacial score (nSPS) is 13.1. The molecule has 0 amide bonds. The first kappa shape index (κ1) is 29.5. The molecule has 40 heavy (non-hydrogen) atoms. The Bertz CT molecular complexity index is 1140. The SMILES string of the molecule is COc1ccc(COCC[C@@H](COC(c2ccccc2)(c2ccccc2)c2ccccc2)OCC(O)CO)cc1. The van der Waals surface area contributed by atoms with Gasteiger partial charge in [-0.15, -0.1) is 0 Å². The Kier molecular flexibility index (Phi) is 11.3. The molecule has 0 aliphatic rings. The average Bonchev–Trinajstić information content (AvgIpc) is 3.03. The van der Waals surface area contributed by atoms with Crippen molar-refractivity contribution in [3.8, 4) is 5.75 Å². The van der Waals surface area contributed by atoms with Crippen LogP contribution in [0.15, 0.2) is 115 Å². The number of methoxy groups -OCH3 is 1. The lowest BCUT2D eigenvalue weighted by molar-refractivity contribution is -0.0951. The van der Waals surface area contributed by atoms with Crippen LogP contribution < -0.4 is 4.74 Å². The fraction of sp³-hybridized carbons (Fsp3) is 0.294. The first-order valence-electron chi connectivity index (χ1n) is 13.6. The van der Waals surface area contributed by atoms with Gasteiger partial charge in [0.25, 0.3) is 0 Å². The molecule has 2 atom stereocenters. The summed E-state index contributed by atoms with van der Waals surface area (Å²) in [6, 6.07) is 38.2. The fourth-order valence-electron chi connectivity index (χ4n) is 4.63. The highest BCUT2D eigenvalue weighted by Crippen LogP contribution is 2.40. The zero-order valence-electron chi connectivity index (χ0n) is 22.9. The van der Waals surface area contributed by atoms with Crippen molar-refractivity contribution in [3.63, 3.8) is 0 Å². The van der Waals surface area contributed by atoms with E-state index in [4.69, 9.17) is 18.9 Å². The monoisotopic (exact) mass is 542 g/mol. The van der Waals surface area contributed by atoms with Gasteiger partial charge in [-0.3, -0.25) is 0 Å². The Morgan fingerprint density at radius 1 is 0.700 bits per heavy atom. The number of aliphatic hydroxyl groups excluding tert-OH is 2. The maximum atomic E-state index is 9.97. The minimum atomic E-state index is -0.968. The van der Waals surface area contributed by atoms with Crippen LogP contribution in [0.1, 0.15) is 28.7 Å². The van der Waals surface area contributed by atoms with Crippen LogP contribution in [0.4, 0.5) is 0 Å². The molecular formula is C34H38O6. The molecule has 4 aromatic rings. The Labute approximate surface area is 236 Å². The maximum Gasteiger partial charge on any atom is 0.143 e. The third-order valence-electron chi connectivity index (χ3n) is 6.77. The van der Waals surface area contributed by atoms with E-state index in [2.05, 4.69) is 36.4 Å². The smallest absolute Gasteiger partial charge is 0.143 e. The van der Waals surface area contributed by atoms with Crippen molar-refractivity contribution in [2.45, 2.75) is 30.8 Å². The van der Waals surface area contributed by atoms with E-state index < -0.39 is 11.7 Å². The van der Waals surface area contributed by atoms with Gasteiger partial charge in [-0.1, -0.05) is 103 Å². The van der Waals surface area contributed by atoms with Crippen molar-refractivity contribution in [2.75, 3.05) is 33.5 Å². The lowest BCUT2D eigenvalue weighted by Crippen LogP contribution is -2.37. The van der Waals surface area contributed by atoms with E-state index in [1.54, 1.807) is 7.11 Å². The highest BCUT2D eigenvalue weighted by molar-refractivity contribution is 5.47. The second kappa shape index (κ2) is 15.3. The van der Waals surface area contributed by atoms with Crippen LogP contribution in [0.5, 0.6) is 5.75 Å². The standard InChI is InChI=1S/C34H38O6/c1-37-32-19-17-27(18-20-32)24-38-22-21-33(39-25-31(36)23-35)26-40-34(28-11-5-2-6-12-28,29-13-7-3-8-14-29)30-15-9-4-10-16-30/h2-20,31,33,35-36H,21-26H2,1H3/t31?,33-/m0/s1. The molecule has 0 aliphatic heterocycles. The van der Waals surface area contributed by atoms with E-state index in [1.165, 1.54) is 0 Å². The van der Waals surface area contributed by atoms with E-state index in [0.29, 0.717) is 19.6 Å². The molecule has 0 fully saturated rings. The summed E-state index contributed by atoms with van der Waals surface area (Å²) in [5, 5.41) is 19.3. The molecule has 0 radical (unpaired) electrons. The predicted octanol–water partition coefficient (Wildman–Crippen LogP) is 5.35. The van der Waals surface area contributed by atoms with Gasteiger partial charge in [-0.25, -0.2) is 0 Å². The van der Waals surface area contributed by atoms with Gasteiger partial charge >= 0.3 is 0 Å². The predicted molar refractivity (Wildman–Crippen MR) is 155 cm³/mol. The molecule has 2 N–H and O–H groups in total. The number of hydrogen-bond donors (Lipinski definition) is 2. The molecule has 0 bridgehead atoms. The number of ether oxygens (including phenoxy) is 4. The molecule has 6 nitrogen and oxygen atoms in total. The van der Waals surface area contributed by atoms with Gasteiger partial charge in [0.1, 0.15) is 17.5 Å². The molecule has 0 spiro atoms. The quantitative estimate of drug-likeness (QED) is 0.147. The number of aliphatic hydroxyl groups is 2. The Hall–Kier alpha value is -3.52. The van der Waals surface area contributed by atoms with Gasteiger partial charge in [0, 0.05) is 6.61 Å². The van der Waals surface area contributed by atoms with Crippen molar-refractivity contribution < 1.29 is 29.2 Å². The van der Waals surface area contributed by atoms with Crippen molar-refractivity contribution in [2.24, 2.45) is 0 Å². The number of benzene rings is 4. The van der Waals surface area contributed by atoms with Crippen LogP contribution in [0, 0.1) is 0 Å². The van der Waals surface area contributed by atoms with Gasteiger partial charge in [-0.05, 0) is 40.8 Å². The van der Waals surface area contributed by atoms with E-state index in [0.717, 1.165) is 28.0 Å². The van der Waals surface area contributed by atoms with Crippen molar-refractivity contribution >= 4 is 0 Å². The van der Waals surface area contributed by atoms with Gasteiger partial charge in [-0.2, -0.15) is 0 Å². The molecule has 6 heteroatoms. The Morgan fingerprint density at radius 3 is 1.70 bits per heavy atom. The van der Waals surface area contributed by atoms with Crippen LogP contribution in [-0.2, 0) is 26.4 Å². The third-order valence-corrected chi connectivity index (χ3v) is 6.77. The van der Waals surface area contributed by atoms with Crippen molar-refractivity contribution in [1.82, 2.24) is 0 Å². The summed E-state index contributed by atoms with van der Waals surface area (Å²) in [7, 11) is 1.64. The summed E-state index contributed by atoms with van der Waals surface area (Å²) in [6.45, 7) is 0.757. The molecule has 0 heterocycles. The van der Waals surface area contributed by atoms with Gasteiger partial charge in [0.05, 0.1) is 39.6 Å². The summed E-state index contributed by atoms with van der Waals surface area (Å²) in [5.74, 6) is 0.801. The molecular weight excluding hydrogens is 504 g/mol. The van der Waals surface area contributed by atoms with Crippen LogP contribution in [0.2, 0.25) is 0 Å². The van der Waals surface area contributed by atoms with Crippen LogP contribution >= 0.6 is 0 Å². The third kappa shape index (κ3) is 7.78. The van der Waals surface area contributed by atoms with Crippen LogP contribution in [0.3, 0.4) is 0 Å². The highest BCUT2D eigenvalue weighted by Gasteiger charge is 2.38. The molecule has 4 rings (SSSR count). The second-order valence-corrected chi connectivity index (χ2v) is 9.57. The Morgan fingerprint density at radius 2 is 1.23 bits per heavy atom. The minimum Gasteiger partial charge on any atom is -0.497 e. The number of rotatable bonds is 16. The minimum absolute atomic E-state index is 0.00197. The van der Waals surface area contributed by atoms with Crippen LogP contribution in [0.25, 0.3) is 0 Å². The lowest BCUT2D eigenvalue weighted by atomic mass is 9.80. The molecule has 0 saturated heterocycles. The van der Waals surface area contributed by atoms with E-state index in [-0.39, 0.29) is 25.9 Å². The summed E-state index contributed by atoms with van der Waals surface area (Å²) >= 11 is 0. The maximum absolute atomic E-state index is 9.97. The molecule has 4 aromatic carbocycles. The first-order chi connectivity index (χ1) is 19.7. The molecule has 1 unspecified atom stereocenters. The first-order valence-corrected chi connectivity index (χ1v) is 13.6. The highest BCUT2D eigenvalue weighted by atomic mass is 16.6. The van der Waals surface area contributed by atoms with Gasteiger partial charge in [0.15, 0.2) is 0 Å². The largest absolute Gasteiger partial charge is 0.497 e. The summed E-state index contributed by atoms with van der Waals surface area (Å²) in [4.78, 5) is 0. The Balaban J connectivity index is 1.54. The van der Waals surface area contributed by atoms with Crippen molar-refractivity contribution in [3.05, 3.63) is 138 Å². The van der Waals surface area contributed by atoms with Crippen LogP contribution in [-0.4, -0.2) is 56.0 Å². The van der Waals surface area contributed by atoms with Crippen molar-refractivity contribution in [1.29, 1.82) is 0 Å². The fourth-order valence-corrected chi connectivity index (χ4v) is 4.63. The van der Waals surface area contributed by atoms with E-state index in [9.17, 15) is 10.2 Å². The van der Waals surface area contributed by atoms with E-state index >= 15 is 0 Å².